The van der Waals surface area contributed by atoms with Gasteiger partial charge >= 0.3 is 0 Å². The van der Waals surface area contributed by atoms with Gasteiger partial charge in [-0.3, -0.25) is 9.79 Å². The number of nitrogens with two attached hydrogens (primary N) is 1. The second kappa shape index (κ2) is 10.5. The Labute approximate surface area is 155 Å². The van der Waals surface area contributed by atoms with Gasteiger partial charge in [-0.25, -0.2) is 0 Å². The van der Waals surface area contributed by atoms with E-state index in [-0.39, 0.29) is 5.78 Å². The first-order valence-electron chi connectivity index (χ1n) is 9.08. The normalized spacial score (nSPS) is 18.3. The summed E-state index contributed by atoms with van der Waals surface area (Å²) < 4.78 is 0. The van der Waals surface area contributed by atoms with Gasteiger partial charge in [-0.2, -0.15) is 11.8 Å². The maximum absolute atomic E-state index is 11.6. The van der Waals surface area contributed by atoms with Gasteiger partial charge in [-0.1, -0.05) is 12.1 Å². The second-order valence-electron chi connectivity index (χ2n) is 6.41. The van der Waals surface area contributed by atoms with Crippen LogP contribution in [0, 0.1) is 0 Å². The fourth-order valence-corrected chi connectivity index (χ4v) is 3.55. The van der Waals surface area contributed by atoms with Crippen LogP contribution in [0.3, 0.4) is 0 Å². The zero-order valence-electron chi connectivity index (χ0n) is 15.3. The van der Waals surface area contributed by atoms with Crippen LogP contribution in [0.2, 0.25) is 0 Å². The van der Waals surface area contributed by atoms with Crippen LogP contribution < -0.4 is 11.1 Å². The molecule has 0 spiro atoms. The van der Waals surface area contributed by atoms with Crippen molar-refractivity contribution in [2.45, 2.75) is 39.2 Å². The van der Waals surface area contributed by atoms with Gasteiger partial charge in [0.15, 0.2) is 11.7 Å². The maximum Gasteiger partial charge on any atom is 0.198 e. The van der Waals surface area contributed by atoms with E-state index in [1.54, 1.807) is 6.92 Å². The minimum Gasteiger partial charge on any atom is -0.340 e. The molecule has 1 aromatic carbocycles. The molecule has 1 aromatic rings. The molecule has 0 saturated carbocycles. The van der Waals surface area contributed by atoms with Crippen LogP contribution in [0.5, 0.6) is 0 Å². The molecule has 138 valence electrons. The highest BCUT2D eigenvalue weighted by Gasteiger charge is 2.21. The average molecular weight is 363 g/mol. The van der Waals surface area contributed by atoms with E-state index in [1.807, 2.05) is 36.0 Å². The van der Waals surface area contributed by atoms with Crippen molar-refractivity contribution in [2.75, 3.05) is 36.5 Å². The molecule has 1 heterocycles. The molecule has 25 heavy (non-hydrogen) atoms. The smallest absolute Gasteiger partial charge is 0.198 e. The lowest BCUT2D eigenvalue weighted by Crippen LogP contribution is -2.45. The predicted molar refractivity (Wildman–Crippen MR) is 109 cm³/mol. The van der Waals surface area contributed by atoms with Gasteiger partial charge in [-0.15, -0.1) is 0 Å². The van der Waals surface area contributed by atoms with Crippen molar-refractivity contribution in [3.05, 3.63) is 29.8 Å². The molecule has 0 bridgehead atoms. The van der Waals surface area contributed by atoms with Gasteiger partial charge in [0.25, 0.3) is 0 Å². The number of nitrogens with one attached hydrogen (secondary N) is 1. The Morgan fingerprint density at radius 3 is 2.96 bits per heavy atom. The molecule has 0 radical (unpaired) electrons. The number of benzene rings is 1. The summed E-state index contributed by atoms with van der Waals surface area (Å²) in [5.74, 6) is 2.94. The SMILES string of the molecule is CC(=O)c1cccc(NC(=NCCSCCN)N2CCCCC2C)c1. The molecule has 3 N–H and O–H groups in total. The van der Waals surface area contributed by atoms with E-state index >= 15 is 0 Å². The third kappa shape index (κ3) is 6.36. The third-order valence-corrected chi connectivity index (χ3v) is 5.36. The first-order chi connectivity index (χ1) is 12.1. The van der Waals surface area contributed by atoms with E-state index in [9.17, 15) is 4.79 Å². The summed E-state index contributed by atoms with van der Waals surface area (Å²) in [6.07, 6.45) is 3.66. The van der Waals surface area contributed by atoms with Gasteiger partial charge in [-0.05, 0) is 45.2 Å². The second-order valence-corrected chi connectivity index (χ2v) is 7.63. The van der Waals surface area contributed by atoms with Crippen molar-refractivity contribution in [3.63, 3.8) is 0 Å². The van der Waals surface area contributed by atoms with Crippen LogP contribution in [0.25, 0.3) is 0 Å². The van der Waals surface area contributed by atoms with Gasteiger partial charge < -0.3 is 16.0 Å². The van der Waals surface area contributed by atoms with Crippen molar-refractivity contribution < 1.29 is 4.79 Å². The molecule has 2 rings (SSSR count). The van der Waals surface area contributed by atoms with E-state index in [0.717, 1.165) is 41.8 Å². The number of carbonyl (C=O) groups excluding carboxylic acids is 1. The number of carbonyl (C=O) groups is 1. The minimum atomic E-state index is 0.0756. The van der Waals surface area contributed by atoms with Crippen LogP contribution in [0.4, 0.5) is 5.69 Å². The number of Topliss-reactive ketones (excluding diaryl/α,β-unsaturated/α-hetero) is 1. The van der Waals surface area contributed by atoms with Crippen LogP contribution in [-0.2, 0) is 0 Å². The maximum atomic E-state index is 11.6. The molecule has 6 heteroatoms. The van der Waals surface area contributed by atoms with Crippen molar-refractivity contribution >= 4 is 29.2 Å². The molecule has 1 atom stereocenters. The van der Waals surface area contributed by atoms with Gasteiger partial charge in [0.05, 0.1) is 6.54 Å². The van der Waals surface area contributed by atoms with Crippen molar-refractivity contribution in [2.24, 2.45) is 10.7 Å². The number of piperidine rings is 1. The fraction of sp³-hybridized carbons (Fsp3) is 0.579. The molecule has 0 amide bonds. The van der Waals surface area contributed by atoms with E-state index in [1.165, 1.54) is 19.3 Å². The van der Waals surface area contributed by atoms with Crippen molar-refractivity contribution in [3.8, 4) is 0 Å². The highest BCUT2D eigenvalue weighted by atomic mass is 32.2. The Morgan fingerprint density at radius 2 is 2.24 bits per heavy atom. The number of anilines is 1. The van der Waals surface area contributed by atoms with Gasteiger partial charge in [0.1, 0.15) is 0 Å². The molecule has 1 saturated heterocycles. The van der Waals surface area contributed by atoms with Gasteiger partial charge in [0, 0.05) is 41.9 Å². The van der Waals surface area contributed by atoms with Gasteiger partial charge in [0.2, 0.25) is 0 Å². The quantitative estimate of drug-likeness (QED) is 0.337. The van der Waals surface area contributed by atoms with Crippen molar-refractivity contribution in [1.29, 1.82) is 0 Å². The van der Waals surface area contributed by atoms with Crippen LogP contribution in [0.15, 0.2) is 29.3 Å². The number of nitrogens with zero attached hydrogens (tertiary/aromatic N) is 2. The summed E-state index contributed by atoms with van der Waals surface area (Å²) in [7, 11) is 0. The number of aliphatic imine (C=N–C) groups is 1. The molecule has 1 unspecified atom stereocenters. The summed E-state index contributed by atoms with van der Waals surface area (Å²) in [5.41, 5.74) is 7.17. The summed E-state index contributed by atoms with van der Waals surface area (Å²) in [4.78, 5) is 18.8. The zero-order valence-corrected chi connectivity index (χ0v) is 16.1. The molecule has 1 fully saturated rings. The monoisotopic (exact) mass is 362 g/mol. The van der Waals surface area contributed by atoms with E-state index in [0.29, 0.717) is 12.6 Å². The number of ketones is 1. The molecule has 5 nitrogen and oxygen atoms in total. The fourth-order valence-electron chi connectivity index (χ4n) is 2.96. The Bertz CT molecular complexity index is 591. The Hall–Kier alpha value is -1.53. The molecular formula is C19H30N4OS. The minimum absolute atomic E-state index is 0.0756. The molecule has 0 aromatic heterocycles. The highest BCUT2D eigenvalue weighted by molar-refractivity contribution is 7.99. The van der Waals surface area contributed by atoms with Crippen LogP contribution in [0.1, 0.15) is 43.5 Å². The van der Waals surface area contributed by atoms with E-state index < -0.39 is 0 Å². The summed E-state index contributed by atoms with van der Waals surface area (Å²) in [5, 5.41) is 3.46. The lowest BCUT2D eigenvalue weighted by atomic mass is 10.0. The number of hydrogen-bond acceptors (Lipinski definition) is 4. The summed E-state index contributed by atoms with van der Waals surface area (Å²) >= 11 is 1.83. The van der Waals surface area contributed by atoms with Crippen molar-refractivity contribution in [1.82, 2.24) is 4.90 Å². The lowest BCUT2D eigenvalue weighted by Gasteiger charge is -2.36. The topological polar surface area (TPSA) is 70.7 Å². The number of guanidine groups is 1. The largest absolute Gasteiger partial charge is 0.340 e. The number of thioether (sulfide) groups is 1. The summed E-state index contributed by atoms with van der Waals surface area (Å²) in [6, 6.07) is 8.12. The van der Waals surface area contributed by atoms with E-state index in [2.05, 4.69) is 17.1 Å². The first-order valence-corrected chi connectivity index (χ1v) is 10.2. The zero-order chi connectivity index (χ0) is 18.1. The number of hydrogen-bond donors (Lipinski definition) is 2. The Balaban J connectivity index is 2.11. The Kier molecular flexibility index (Phi) is 8.28. The highest BCUT2D eigenvalue weighted by Crippen LogP contribution is 2.19. The Morgan fingerprint density at radius 1 is 1.40 bits per heavy atom. The van der Waals surface area contributed by atoms with Crippen LogP contribution in [-0.4, -0.2) is 53.8 Å². The lowest BCUT2D eigenvalue weighted by molar-refractivity contribution is 0.101. The number of rotatable bonds is 7. The third-order valence-electron chi connectivity index (χ3n) is 4.36. The molecule has 0 aliphatic carbocycles. The first kappa shape index (κ1) is 19.8. The van der Waals surface area contributed by atoms with E-state index in [4.69, 9.17) is 10.7 Å². The molecule has 1 aliphatic heterocycles. The van der Waals surface area contributed by atoms with Crippen LogP contribution >= 0.6 is 11.8 Å². The summed E-state index contributed by atoms with van der Waals surface area (Å²) in [6.45, 7) is 6.35. The molecular weight excluding hydrogens is 332 g/mol. The predicted octanol–water partition coefficient (Wildman–Crippen LogP) is 3.22. The number of likely N-dealkylation sites (tertiary alicyclic amines) is 1. The standard InChI is InChI=1S/C19H30N4OS/c1-15-6-3-4-11-23(15)19(21-10-13-25-12-9-20)22-18-8-5-7-17(14-18)16(2)24/h5,7-8,14-15H,3-4,6,9-13,20H2,1-2H3,(H,21,22). The average Bonchev–Trinajstić information content (AvgIpc) is 2.61. The molecule has 1 aliphatic rings.